The molecule has 1 aromatic heterocycles. The third-order valence-electron chi connectivity index (χ3n) is 2.59. The number of nitrogens with zero attached hydrogens (tertiary/aromatic N) is 2. The minimum Gasteiger partial charge on any atom is -0.461 e. The number of H-pyrrole nitrogens is 1. The predicted octanol–water partition coefficient (Wildman–Crippen LogP) is 0.574. The molecule has 15 heavy (non-hydrogen) atoms. The summed E-state index contributed by atoms with van der Waals surface area (Å²) in [4.78, 5) is 13.7. The highest BCUT2D eigenvalue weighted by molar-refractivity contribution is 5.89. The molecular weight excluding hydrogens is 194 g/mol. The van der Waals surface area contributed by atoms with Crippen LogP contribution in [0.4, 0.5) is 0 Å². The minimum absolute atomic E-state index is 0.328. The zero-order chi connectivity index (χ0) is 10.8. The lowest BCUT2D eigenvalue weighted by molar-refractivity contribution is 0.0517. The average Bonchev–Trinajstić information content (AvgIpc) is 2.60. The molecule has 2 rings (SSSR count). The maximum Gasteiger partial charge on any atom is 0.359 e. The Morgan fingerprint density at radius 1 is 1.67 bits per heavy atom. The number of fused-ring (bicyclic) bond motifs is 1. The van der Waals surface area contributed by atoms with Crippen molar-refractivity contribution in [1.82, 2.24) is 15.1 Å². The summed E-state index contributed by atoms with van der Waals surface area (Å²) in [5.74, 6) is -0.328. The van der Waals surface area contributed by atoms with Gasteiger partial charge in [-0.3, -0.25) is 5.10 Å². The van der Waals surface area contributed by atoms with Gasteiger partial charge >= 0.3 is 5.97 Å². The molecule has 0 spiro atoms. The number of ether oxygens (including phenoxy) is 1. The van der Waals surface area contributed by atoms with Gasteiger partial charge in [0.15, 0.2) is 5.69 Å². The molecule has 1 N–H and O–H groups in total. The molecule has 0 aliphatic carbocycles. The number of esters is 1. The molecule has 0 saturated heterocycles. The predicted molar refractivity (Wildman–Crippen MR) is 54.6 cm³/mol. The number of hydrogen-bond acceptors (Lipinski definition) is 4. The van der Waals surface area contributed by atoms with Crippen LogP contribution in [0.25, 0.3) is 0 Å². The van der Waals surface area contributed by atoms with Gasteiger partial charge in [0, 0.05) is 30.8 Å². The van der Waals surface area contributed by atoms with Crippen molar-refractivity contribution < 1.29 is 9.53 Å². The lowest BCUT2D eigenvalue weighted by atomic mass is 10.1. The lowest BCUT2D eigenvalue weighted by Gasteiger charge is -2.21. The summed E-state index contributed by atoms with van der Waals surface area (Å²) in [6.45, 7) is 3.94. The van der Waals surface area contributed by atoms with Crippen molar-refractivity contribution in [3.05, 3.63) is 17.0 Å². The third kappa shape index (κ3) is 1.87. The standard InChI is InChI=1S/C10H15N3O2/c1-3-15-10(14)9-7-6-13(2)5-4-8(7)11-12-9/h3-6H2,1-2H3,(H,11,12). The lowest BCUT2D eigenvalue weighted by Crippen LogP contribution is -2.27. The normalized spacial score (nSPS) is 16.1. The van der Waals surface area contributed by atoms with E-state index in [2.05, 4.69) is 15.1 Å². The highest BCUT2D eigenvalue weighted by atomic mass is 16.5. The quantitative estimate of drug-likeness (QED) is 0.724. The zero-order valence-corrected chi connectivity index (χ0v) is 9.04. The van der Waals surface area contributed by atoms with Gasteiger partial charge in [-0.15, -0.1) is 0 Å². The van der Waals surface area contributed by atoms with Crippen LogP contribution in [-0.2, 0) is 17.7 Å². The van der Waals surface area contributed by atoms with Gasteiger partial charge in [0.05, 0.1) is 6.61 Å². The van der Waals surface area contributed by atoms with Gasteiger partial charge in [0.2, 0.25) is 0 Å². The van der Waals surface area contributed by atoms with Crippen molar-refractivity contribution in [2.45, 2.75) is 19.9 Å². The van der Waals surface area contributed by atoms with Crippen molar-refractivity contribution in [2.24, 2.45) is 0 Å². The summed E-state index contributed by atoms with van der Waals surface area (Å²) in [5.41, 5.74) is 2.50. The molecule has 1 aliphatic heterocycles. The maximum atomic E-state index is 11.6. The first-order valence-corrected chi connectivity index (χ1v) is 5.14. The number of likely N-dealkylation sites (N-methyl/N-ethyl adjacent to an activating group) is 1. The van der Waals surface area contributed by atoms with E-state index in [4.69, 9.17) is 4.74 Å². The van der Waals surface area contributed by atoms with E-state index in [0.29, 0.717) is 12.3 Å². The Balaban J connectivity index is 2.26. The van der Waals surface area contributed by atoms with Crippen molar-refractivity contribution >= 4 is 5.97 Å². The van der Waals surface area contributed by atoms with E-state index in [0.717, 1.165) is 30.8 Å². The van der Waals surface area contributed by atoms with E-state index in [1.807, 2.05) is 7.05 Å². The van der Waals surface area contributed by atoms with Crippen LogP contribution in [0.2, 0.25) is 0 Å². The van der Waals surface area contributed by atoms with Crippen LogP contribution in [0.3, 0.4) is 0 Å². The van der Waals surface area contributed by atoms with Crippen LogP contribution in [-0.4, -0.2) is 41.3 Å². The van der Waals surface area contributed by atoms with Gasteiger partial charge < -0.3 is 9.64 Å². The summed E-state index contributed by atoms with van der Waals surface area (Å²) < 4.78 is 4.95. The summed E-state index contributed by atoms with van der Waals surface area (Å²) in [6, 6.07) is 0. The largest absolute Gasteiger partial charge is 0.461 e. The van der Waals surface area contributed by atoms with Gasteiger partial charge in [0.1, 0.15) is 0 Å². The Bertz CT molecular complexity index is 373. The first kappa shape index (κ1) is 10.2. The fraction of sp³-hybridized carbons (Fsp3) is 0.600. The van der Waals surface area contributed by atoms with Crippen LogP contribution in [0.5, 0.6) is 0 Å². The number of carbonyl (C=O) groups is 1. The van der Waals surface area contributed by atoms with Gasteiger partial charge in [0.25, 0.3) is 0 Å². The van der Waals surface area contributed by atoms with Gasteiger partial charge in [-0.25, -0.2) is 4.79 Å². The molecule has 0 unspecified atom stereocenters. The highest BCUT2D eigenvalue weighted by Gasteiger charge is 2.24. The van der Waals surface area contributed by atoms with Gasteiger partial charge in [-0.2, -0.15) is 5.10 Å². The van der Waals surface area contributed by atoms with E-state index >= 15 is 0 Å². The fourth-order valence-corrected chi connectivity index (χ4v) is 1.80. The molecule has 0 fully saturated rings. The number of aromatic nitrogens is 2. The van der Waals surface area contributed by atoms with Gasteiger partial charge in [-0.1, -0.05) is 0 Å². The summed E-state index contributed by atoms with van der Waals surface area (Å²) in [5, 5.41) is 6.93. The number of carbonyl (C=O) groups excluding carboxylic acids is 1. The Morgan fingerprint density at radius 3 is 3.20 bits per heavy atom. The van der Waals surface area contributed by atoms with Crippen LogP contribution >= 0.6 is 0 Å². The summed E-state index contributed by atoms with van der Waals surface area (Å²) in [7, 11) is 2.03. The number of aromatic amines is 1. The van der Waals surface area contributed by atoms with Crippen molar-refractivity contribution in [2.75, 3.05) is 20.2 Å². The molecule has 1 aliphatic rings. The molecule has 0 radical (unpaired) electrons. The second kappa shape index (κ2) is 4.02. The van der Waals surface area contributed by atoms with Crippen LogP contribution in [0.1, 0.15) is 28.7 Å². The highest BCUT2D eigenvalue weighted by Crippen LogP contribution is 2.19. The molecule has 0 amide bonds. The molecule has 2 heterocycles. The molecule has 0 atom stereocenters. The summed E-state index contributed by atoms with van der Waals surface area (Å²) in [6.07, 6.45) is 0.915. The smallest absolute Gasteiger partial charge is 0.359 e. The van der Waals surface area contributed by atoms with E-state index in [-0.39, 0.29) is 5.97 Å². The van der Waals surface area contributed by atoms with Crippen molar-refractivity contribution in [3.63, 3.8) is 0 Å². The number of rotatable bonds is 2. The Labute approximate surface area is 88.4 Å². The Hall–Kier alpha value is -1.36. The minimum atomic E-state index is -0.328. The third-order valence-corrected chi connectivity index (χ3v) is 2.59. The SMILES string of the molecule is CCOC(=O)c1n[nH]c2c1CN(C)CC2. The zero-order valence-electron chi connectivity index (χ0n) is 9.04. The van der Waals surface area contributed by atoms with E-state index in [1.54, 1.807) is 6.92 Å². The second-order valence-electron chi connectivity index (χ2n) is 3.74. The van der Waals surface area contributed by atoms with Crippen LogP contribution in [0, 0.1) is 0 Å². The van der Waals surface area contributed by atoms with E-state index in [9.17, 15) is 4.79 Å². The first-order chi connectivity index (χ1) is 7.22. The molecular formula is C10H15N3O2. The molecule has 82 valence electrons. The fourth-order valence-electron chi connectivity index (χ4n) is 1.80. The first-order valence-electron chi connectivity index (χ1n) is 5.14. The molecule has 5 heteroatoms. The number of nitrogens with one attached hydrogen (secondary N) is 1. The molecule has 5 nitrogen and oxygen atoms in total. The van der Waals surface area contributed by atoms with Gasteiger partial charge in [-0.05, 0) is 14.0 Å². The second-order valence-corrected chi connectivity index (χ2v) is 3.74. The monoisotopic (exact) mass is 209 g/mol. The topological polar surface area (TPSA) is 58.2 Å². The molecule has 1 aromatic rings. The van der Waals surface area contributed by atoms with E-state index in [1.165, 1.54) is 0 Å². The van der Waals surface area contributed by atoms with E-state index < -0.39 is 0 Å². The van der Waals surface area contributed by atoms with Crippen LogP contribution < -0.4 is 0 Å². The number of hydrogen-bond donors (Lipinski definition) is 1. The Kier molecular flexibility index (Phi) is 2.73. The average molecular weight is 209 g/mol. The molecule has 0 aromatic carbocycles. The van der Waals surface area contributed by atoms with Crippen LogP contribution in [0.15, 0.2) is 0 Å². The maximum absolute atomic E-state index is 11.6. The summed E-state index contributed by atoms with van der Waals surface area (Å²) >= 11 is 0. The molecule has 0 saturated carbocycles. The van der Waals surface area contributed by atoms with Crippen molar-refractivity contribution in [1.29, 1.82) is 0 Å². The Morgan fingerprint density at radius 2 is 2.47 bits per heavy atom. The molecule has 0 bridgehead atoms. The van der Waals surface area contributed by atoms with Crippen molar-refractivity contribution in [3.8, 4) is 0 Å².